The molecule has 1 aliphatic rings. The second kappa shape index (κ2) is 5.91. The summed E-state index contributed by atoms with van der Waals surface area (Å²) < 4.78 is 40.1. The first-order valence-electron chi connectivity index (χ1n) is 7.30. The fourth-order valence-corrected chi connectivity index (χ4v) is 2.69. The van der Waals surface area contributed by atoms with Gasteiger partial charge in [-0.1, -0.05) is 24.3 Å². The Morgan fingerprint density at radius 2 is 1.95 bits per heavy atom. The van der Waals surface area contributed by atoms with Crippen molar-refractivity contribution in [1.29, 1.82) is 0 Å². The van der Waals surface area contributed by atoms with E-state index in [1.54, 1.807) is 13.8 Å². The van der Waals surface area contributed by atoms with Crippen molar-refractivity contribution in [2.75, 3.05) is 6.54 Å². The van der Waals surface area contributed by atoms with Gasteiger partial charge in [0.1, 0.15) is 6.04 Å². The molecule has 1 amide bonds. The van der Waals surface area contributed by atoms with Crippen molar-refractivity contribution in [1.82, 2.24) is 10.4 Å². The number of aryl methyl sites for hydroxylation is 2. The zero-order valence-electron chi connectivity index (χ0n) is 13.0. The highest BCUT2D eigenvalue weighted by Gasteiger charge is 2.49. The van der Waals surface area contributed by atoms with E-state index >= 15 is 0 Å². The van der Waals surface area contributed by atoms with Crippen molar-refractivity contribution >= 4 is 5.91 Å². The summed E-state index contributed by atoms with van der Waals surface area (Å²) in [6.07, 6.45) is -4.13. The number of benzene rings is 1. The molecule has 0 radical (unpaired) electrons. The van der Waals surface area contributed by atoms with Gasteiger partial charge in [0.15, 0.2) is 0 Å². The highest BCUT2D eigenvalue weighted by Crippen LogP contribution is 2.33. The Morgan fingerprint density at radius 3 is 2.45 bits per heavy atom. The summed E-state index contributed by atoms with van der Waals surface area (Å²) in [4.78, 5) is 11.7. The molecule has 1 aliphatic heterocycles. The fourth-order valence-electron chi connectivity index (χ4n) is 2.69. The summed E-state index contributed by atoms with van der Waals surface area (Å²) in [6.45, 7) is 5.25. The Balaban J connectivity index is 2.12. The van der Waals surface area contributed by atoms with E-state index in [0.717, 1.165) is 16.1 Å². The monoisotopic (exact) mass is 314 g/mol. The molecule has 2 rings (SSSR count). The van der Waals surface area contributed by atoms with Gasteiger partial charge in [-0.05, 0) is 44.7 Å². The van der Waals surface area contributed by atoms with E-state index in [-0.39, 0.29) is 18.9 Å². The third-order valence-electron chi connectivity index (χ3n) is 4.13. The lowest BCUT2D eigenvalue weighted by Gasteiger charge is -2.29. The Bertz CT molecular complexity index is 555. The maximum absolute atomic E-state index is 13.4. The summed E-state index contributed by atoms with van der Waals surface area (Å²) in [5.41, 5.74) is 3.46. The van der Waals surface area contributed by atoms with Crippen molar-refractivity contribution in [3.8, 4) is 0 Å². The standard InChI is InChI=1S/C16H21F3N2O/c1-11-6-4-5-7-12(11)8-9-13(16(17,18)19)21-10-15(2,3)14(22)20-21/h4-7,13H,8-10H2,1-3H3,(H,20,22). The van der Waals surface area contributed by atoms with Gasteiger partial charge in [-0.25, -0.2) is 5.01 Å². The smallest absolute Gasteiger partial charge is 0.288 e. The molecular formula is C16H21F3N2O. The van der Waals surface area contributed by atoms with Crippen molar-refractivity contribution < 1.29 is 18.0 Å². The SMILES string of the molecule is Cc1ccccc1CCC(N1CC(C)(C)C(=O)N1)C(F)(F)F. The van der Waals surface area contributed by atoms with Gasteiger partial charge in [0, 0.05) is 6.54 Å². The van der Waals surface area contributed by atoms with Crippen LogP contribution in [-0.2, 0) is 11.2 Å². The van der Waals surface area contributed by atoms with Crippen LogP contribution in [0.5, 0.6) is 0 Å². The Hall–Kier alpha value is -1.56. The Morgan fingerprint density at radius 1 is 1.32 bits per heavy atom. The number of hydrazine groups is 1. The van der Waals surface area contributed by atoms with Gasteiger partial charge in [0.25, 0.3) is 0 Å². The van der Waals surface area contributed by atoms with Gasteiger partial charge in [-0.2, -0.15) is 13.2 Å². The molecule has 3 nitrogen and oxygen atoms in total. The molecule has 6 heteroatoms. The summed E-state index contributed by atoms with van der Waals surface area (Å²) in [7, 11) is 0. The molecule has 1 atom stereocenters. The van der Waals surface area contributed by atoms with Gasteiger partial charge < -0.3 is 0 Å². The largest absolute Gasteiger partial charge is 0.405 e. The first-order chi connectivity index (χ1) is 10.1. The Labute approximate surface area is 128 Å². The third kappa shape index (κ3) is 3.61. The number of rotatable bonds is 4. The summed E-state index contributed by atoms with van der Waals surface area (Å²) in [5, 5.41) is 1.04. The van der Waals surface area contributed by atoms with Crippen molar-refractivity contribution in [2.45, 2.75) is 45.8 Å². The molecule has 1 N–H and O–H groups in total. The van der Waals surface area contributed by atoms with E-state index in [4.69, 9.17) is 0 Å². The lowest BCUT2D eigenvalue weighted by Crippen LogP contribution is -2.50. The number of carbonyl (C=O) groups excluding carboxylic acids is 1. The van der Waals surface area contributed by atoms with Crippen LogP contribution in [0.2, 0.25) is 0 Å². The predicted molar refractivity (Wildman–Crippen MR) is 78.0 cm³/mol. The minimum absolute atomic E-state index is 0.0593. The lowest BCUT2D eigenvalue weighted by molar-refractivity contribution is -0.190. The molecule has 0 aliphatic carbocycles. The topological polar surface area (TPSA) is 32.3 Å². The zero-order valence-corrected chi connectivity index (χ0v) is 13.0. The average Bonchev–Trinajstić information content (AvgIpc) is 2.64. The molecule has 0 aromatic heterocycles. The molecule has 1 unspecified atom stereocenters. The molecule has 1 aromatic rings. The number of nitrogens with zero attached hydrogens (tertiary/aromatic N) is 1. The highest BCUT2D eigenvalue weighted by atomic mass is 19.4. The molecular weight excluding hydrogens is 293 g/mol. The molecule has 22 heavy (non-hydrogen) atoms. The predicted octanol–water partition coefficient (Wildman–Crippen LogP) is 3.23. The number of carbonyl (C=O) groups is 1. The van der Waals surface area contributed by atoms with Crippen LogP contribution >= 0.6 is 0 Å². The number of halogens is 3. The van der Waals surface area contributed by atoms with Crippen LogP contribution in [0.25, 0.3) is 0 Å². The quantitative estimate of drug-likeness (QED) is 0.925. The van der Waals surface area contributed by atoms with Gasteiger partial charge >= 0.3 is 6.18 Å². The third-order valence-corrected chi connectivity index (χ3v) is 4.13. The number of amides is 1. The van der Waals surface area contributed by atoms with E-state index in [9.17, 15) is 18.0 Å². The van der Waals surface area contributed by atoms with Gasteiger partial charge in [-0.3, -0.25) is 10.2 Å². The highest BCUT2D eigenvalue weighted by molar-refractivity contribution is 5.83. The average molecular weight is 314 g/mol. The molecule has 1 aromatic carbocycles. The van der Waals surface area contributed by atoms with E-state index in [1.165, 1.54) is 0 Å². The minimum Gasteiger partial charge on any atom is -0.288 e. The number of hydrogen-bond donors (Lipinski definition) is 1. The first kappa shape index (κ1) is 16.8. The van der Waals surface area contributed by atoms with E-state index in [1.807, 2.05) is 31.2 Å². The summed E-state index contributed by atoms with van der Waals surface area (Å²) >= 11 is 0. The first-order valence-corrected chi connectivity index (χ1v) is 7.30. The minimum atomic E-state index is -4.38. The number of alkyl halides is 3. The number of nitrogens with one attached hydrogen (secondary N) is 1. The maximum atomic E-state index is 13.4. The van der Waals surface area contributed by atoms with Crippen molar-refractivity contribution in [3.63, 3.8) is 0 Å². The van der Waals surface area contributed by atoms with Gasteiger partial charge in [0.05, 0.1) is 5.41 Å². The molecule has 0 spiro atoms. The molecule has 0 saturated carbocycles. The van der Waals surface area contributed by atoms with Crippen LogP contribution in [-0.4, -0.2) is 29.7 Å². The van der Waals surface area contributed by atoms with Crippen LogP contribution in [0.1, 0.15) is 31.4 Å². The number of hydrogen-bond acceptors (Lipinski definition) is 2. The zero-order chi connectivity index (χ0) is 16.5. The summed E-state index contributed by atoms with van der Waals surface area (Å²) in [5.74, 6) is -0.363. The van der Waals surface area contributed by atoms with Crippen LogP contribution in [0.3, 0.4) is 0 Å². The Kier molecular flexibility index (Phi) is 4.52. The molecule has 1 fully saturated rings. The second-order valence-electron chi connectivity index (χ2n) is 6.48. The second-order valence-corrected chi connectivity index (χ2v) is 6.48. The molecule has 1 saturated heterocycles. The van der Waals surface area contributed by atoms with Crippen molar-refractivity contribution in [2.24, 2.45) is 5.41 Å². The fraction of sp³-hybridized carbons (Fsp3) is 0.562. The van der Waals surface area contributed by atoms with E-state index < -0.39 is 17.6 Å². The molecule has 0 bridgehead atoms. The van der Waals surface area contributed by atoms with Crippen LogP contribution in [0.4, 0.5) is 13.2 Å². The molecule has 1 heterocycles. The van der Waals surface area contributed by atoms with Crippen LogP contribution < -0.4 is 5.43 Å². The summed E-state index contributed by atoms with van der Waals surface area (Å²) in [6, 6.07) is 5.75. The van der Waals surface area contributed by atoms with Gasteiger partial charge in [0.2, 0.25) is 5.91 Å². The lowest BCUT2D eigenvalue weighted by atomic mass is 9.93. The van der Waals surface area contributed by atoms with Gasteiger partial charge in [-0.15, -0.1) is 0 Å². The van der Waals surface area contributed by atoms with Crippen LogP contribution in [0, 0.1) is 12.3 Å². The maximum Gasteiger partial charge on any atom is 0.405 e. The van der Waals surface area contributed by atoms with E-state index in [2.05, 4.69) is 5.43 Å². The van der Waals surface area contributed by atoms with Crippen LogP contribution in [0.15, 0.2) is 24.3 Å². The van der Waals surface area contributed by atoms with E-state index in [0.29, 0.717) is 6.42 Å². The molecule has 122 valence electrons. The van der Waals surface area contributed by atoms with Crippen molar-refractivity contribution in [3.05, 3.63) is 35.4 Å². The normalized spacial score (nSPS) is 20.0.